The summed E-state index contributed by atoms with van der Waals surface area (Å²) in [5.41, 5.74) is 1.33. The van der Waals surface area contributed by atoms with Gasteiger partial charge in [-0.15, -0.1) is 0 Å². The fourth-order valence-electron chi connectivity index (χ4n) is 2.36. The van der Waals surface area contributed by atoms with Crippen LogP contribution < -0.4 is 10.2 Å². The molecule has 1 saturated heterocycles. The number of rotatable bonds is 5. The zero-order valence-electron chi connectivity index (χ0n) is 11.6. The summed E-state index contributed by atoms with van der Waals surface area (Å²) in [7, 11) is 1.58. The summed E-state index contributed by atoms with van der Waals surface area (Å²) in [6.07, 6.45) is 0. The molecular weight excluding hydrogens is 261 g/mol. The molecule has 0 aromatic heterocycles. The predicted molar refractivity (Wildman–Crippen MR) is 75.5 cm³/mol. The van der Waals surface area contributed by atoms with Crippen LogP contribution in [0.1, 0.15) is 5.56 Å². The smallest absolute Gasteiger partial charge is 0.323 e. The topological polar surface area (TPSA) is 55.8 Å². The van der Waals surface area contributed by atoms with Gasteiger partial charge in [0.15, 0.2) is 0 Å². The summed E-state index contributed by atoms with van der Waals surface area (Å²) >= 11 is 0. The van der Waals surface area contributed by atoms with E-state index in [9.17, 15) is 9.18 Å². The summed E-state index contributed by atoms with van der Waals surface area (Å²) in [6.45, 7) is 4.42. The van der Waals surface area contributed by atoms with Crippen LogP contribution in [0, 0.1) is 5.82 Å². The van der Waals surface area contributed by atoms with Crippen molar-refractivity contribution in [3.63, 3.8) is 0 Å². The Bertz CT molecular complexity index is 475. The lowest BCUT2D eigenvalue weighted by atomic mass is 10.1. The van der Waals surface area contributed by atoms with Gasteiger partial charge in [-0.05, 0) is 17.7 Å². The van der Waals surface area contributed by atoms with E-state index in [0.29, 0.717) is 5.69 Å². The van der Waals surface area contributed by atoms with E-state index in [1.165, 1.54) is 11.0 Å². The second kappa shape index (κ2) is 6.67. The number of hydrogen-bond acceptors (Lipinski definition) is 4. The standard InChI is InChI=1S/C14H20FN3O2/c1-17(10-14(19)20)13-8-11(2-3-12(13)15)9-18-6-4-16-5-7-18/h2-3,8,16H,4-7,9-10H2,1H3,(H,19,20). The van der Waals surface area contributed by atoms with Crippen molar-refractivity contribution in [2.24, 2.45) is 0 Å². The Balaban J connectivity index is 2.08. The SMILES string of the molecule is CN(CC(=O)O)c1cc(CN2CCNCC2)ccc1F. The maximum absolute atomic E-state index is 13.8. The minimum atomic E-state index is -0.973. The first-order valence-corrected chi connectivity index (χ1v) is 6.70. The van der Waals surface area contributed by atoms with Gasteiger partial charge in [0.05, 0.1) is 5.69 Å². The quantitative estimate of drug-likeness (QED) is 0.834. The van der Waals surface area contributed by atoms with Crippen LogP contribution in [0.25, 0.3) is 0 Å². The summed E-state index contributed by atoms with van der Waals surface area (Å²) in [4.78, 5) is 14.4. The van der Waals surface area contributed by atoms with Gasteiger partial charge in [0.1, 0.15) is 12.4 Å². The zero-order chi connectivity index (χ0) is 14.5. The molecule has 2 rings (SSSR count). The lowest BCUT2D eigenvalue weighted by molar-refractivity contribution is -0.135. The first-order chi connectivity index (χ1) is 9.56. The van der Waals surface area contributed by atoms with Gasteiger partial charge in [0, 0.05) is 39.8 Å². The second-order valence-corrected chi connectivity index (χ2v) is 5.06. The summed E-state index contributed by atoms with van der Waals surface area (Å²) in [6, 6.07) is 4.90. The highest BCUT2D eigenvalue weighted by Crippen LogP contribution is 2.20. The Kier molecular flexibility index (Phi) is 4.92. The zero-order valence-corrected chi connectivity index (χ0v) is 11.6. The van der Waals surface area contributed by atoms with Gasteiger partial charge in [0.2, 0.25) is 0 Å². The molecule has 0 amide bonds. The molecule has 0 bridgehead atoms. The number of carbonyl (C=O) groups is 1. The molecule has 1 aliphatic heterocycles. The molecular formula is C14H20FN3O2. The van der Waals surface area contributed by atoms with Crippen molar-refractivity contribution in [1.29, 1.82) is 0 Å². The molecule has 0 atom stereocenters. The molecule has 1 aromatic carbocycles. The minimum Gasteiger partial charge on any atom is -0.480 e. The van der Waals surface area contributed by atoms with Crippen LogP contribution in [0.4, 0.5) is 10.1 Å². The van der Waals surface area contributed by atoms with Crippen molar-refractivity contribution in [3.05, 3.63) is 29.6 Å². The lowest BCUT2D eigenvalue weighted by Crippen LogP contribution is -2.42. The highest BCUT2D eigenvalue weighted by atomic mass is 19.1. The Labute approximate surface area is 118 Å². The third-order valence-electron chi connectivity index (χ3n) is 3.41. The molecule has 1 fully saturated rings. The van der Waals surface area contributed by atoms with Crippen LogP contribution in [0.3, 0.4) is 0 Å². The van der Waals surface area contributed by atoms with Crippen molar-refractivity contribution in [3.8, 4) is 0 Å². The van der Waals surface area contributed by atoms with Crippen LogP contribution in [-0.4, -0.2) is 55.7 Å². The Hall–Kier alpha value is -1.66. The van der Waals surface area contributed by atoms with Crippen LogP contribution >= 0.6 is 0 Å². The van der Waals surface area contributed by atoms with E-state index >= 15 is 0 Å². The highest BCUT2D eigenvalue weighted by molar-refractivity contribution is 5.73. The number of aliphatic carboxylic acids is 1. The van der Waals surface area contributed by atoms with Crippen LogP contribution in [0.2, 0.25) is 0 Å². The molecule has 1 aliphatic rings. The number of nitrogens with one attached hydrogen (secondary N) is 1. The number of benzene rings is 1. The average molecular weight is 281 g/mol. The fraction of sp³-hybridized carbons (Fsp3) is 0.500. The molecule has 0 aliphatic carbocycles. The van der Waals surface area contributed by atoms with E-state index in [-0.39, 0.29) is 6.54 Å². The number of nitrogens with zero attached hydrogens (tertiary/aromatic N) is 2. The van der Waals surface area contributed by atoms with Crippen molar-refractivity contribution in [2.45, 2.75) is 6.54 Å². The van der Waals surface area contributed by atoms with Crippen molar-refractivity contribution in [2.75, 3.05) is 44.7 Å². The molecule has 110 valence electrons. The largest absolute Gasteiger partial charge is 0.480 e. The molecule has 0 radical (unpaired) electrons. The highest BCUT2D eigenvalue weighted by Gasteiger charge is 2.14. The number of hydrogen-bond donors (Lipinski definition) is 2. The van der Waals surface area contributed by atoms with Crippen LogP contribution in [-0.2, 0) is 11.3 Å². The van der Waals surface area contributed by atoms with Gasteiger partial charge < -0.3 is 15.3 Å². The van der Waals surface area contributed by atoms with Crippen LogP contribution in [0.15, 0.2) is 18.2 Å². The maximum Gasteiger partial charge on any atom is 0.323 e. The molecule has 20 heavy (non-hydrogen) atoms. The van der Waals surface area contributed by atoms with Gasteiger partial charge in [-0.1, -0.05) is 6.07 Å². The molecule has 0 saturated carbocycles. The average Bonchev–Trinajstić information content (AvgIpc) is 2.41. The Morgan fingerprint density at radius 2 is 2.15 bits per heavy atom. The third kappa shape index (κ3) is 3.91. The first-order valence-electron chi connectivity index (χ1n) is 6.70. The van der Waals surface area contributed by atoms with Gasteiger partial charge in [-0.3, -0.25) is 9.69 Å². The molecule has 5 nitrogen and oxygen atoms in total. The molecule has 1 heterocycles. The number of carboxylic acids is 1. The molecule has 0 unspecified atom stereocenters. The van der Waals surface area contributed by atoms with E-state index in [1.807, 2.05) is 0 Å². The number of likely N-dealkylation sites (N-methyl/N-ethyl adjacent to an activating group) is 1. The maximum atomic E-state index is 13.8. The number of halogens is 1. The van der Waals surface area contributed by atoms with Gasteiger partial charge in [-0.25, -0.2) is 4.39 Å². The van der Waals surface area contributed by atoms with E-state index in [2.05, 4.69) is 10.2 Å². The van der Waals surface area contributed by atoms with Crippen molar-refractivity contribution >= 4 is 11.7 Å². The second-order valence-electron chi connectivity index (χ2n) is 5.06. The number of anilines is 1. The first kappa shape index (κ1) is 14.7. The van der Waals surface area contributed by atoms with Gasteiger partial charge in [-0.2, -0.15) is 0 Å². The van der Waals surface area contributed by atoms with Crippen molar-refractivity contribution < 1.29 is 14.3 Å². The molecule has 0 spiro atoms. The number of piperazine rings is 1. The third-order valence-corrected chi connectivity index (χ3v) is 3.41. The summed E-state index contributed by atoms with van der Waals surface area (Å²) in [5, 5.41) is 12.1. The minimum absolute atomic E-state index is 0.214. The fourth-order valence-corrected chi connectivity index (χ4v) is 2.36. The Morgan fingerprint density at radius 1 is 1.45 bits per heavy atom. The van der Waals surface area contributed by atoms with E-state index in [4.69, 9.17) is 5.11 Å². The predicted octanol–water partition coefficient (Wildman–Crippen LogP) is 0.752. The van der Waals surface area contributed by atoms with Gasteiger partial charge >= 0.3 is 5.97 Å². The summed E-state index contributed by atoms with van der Waals surface area (Å²) in [5.74, 6) is -1.36. The Morgan fingerprint density at radius 3 is 2.80 bits per heavy atom. The van der Waals surface area contributed by atoms with E-state index in [1.54, 1.807) is 19.2 Å². The normalized spacial score (nSPS) is 16.1. The summed E-state index contributed by atoms with van der Waals surface area (Å²) < 4.78 is 13.8. The molecule has 2 N–H and O–H groups in total. The van der Waals surface area contributed by atoms with E-state index < -0.39 is 11.8 Å². The van der Waals surface area contributed by atoms with E-state index in [0.717, 1.165) is 38.3 Å². The molecule has 6 heteroatoms. The van der Waals surface area contributed by atoms with Gasteiger partial charge in [0.25, 0.3) is 0 Å². The number of carboxylic acid groups (broad SMARTS) is 1. The monoisotopic (exact) mass is 281 g/mol. The van der Waals surface area contributed by atoms with Crippen LogP contribution in [0.5, 0.6) is 0 Å². The molecule has 1 aromatic rings. The lowest BCUT2D eigenvalue weighted by Gasteiger charge is -2.27. The van der Waals surface area contributed by atoms with Crippen molar-refractivity contribution in [1.82, 2.24) is 10.2 Å².